The number of aryl methyl sites for hydroxylation is 1. The average molecular weight is 543 g/mol. The van der Waals surface area contributed by atoms with Crippen molar-refractivity contribution in [2.24, 2.45) is 4.99 Å². The molecule has 2 heterocycles. The van der Waals surface area contributed by atoms with E-state index in [0.29, 0.717) is 6.54 Å². The summed E-state index contributed by atoms with van der Waals surface area (Å²) in [7, 11) is 1.69. The summed E-state index contributed by atoms with van der Waals surface area (Å²) in [6, 6.07) is 10.5. The first kappa shape index (κ1) is 25.4. The highest BCUT2D eigenvalue weighted by molar-refractivity contribution is 14.0. The van der Waals surface area contributed by atoms with Crippen LogP contribution in [0.15, 0.2) is 39.8 Å². The molecule has 1 aliphatic heterocycles. The SMILES string of the molecule is CCNC(=NCc1cc(CC)no1)NCC(c1ccc(OC)cc1)N1CCOCC1.I. The highest BCUT2D eigenvalue weighted by Gasteiger charge is 2.23. The molecular formula is C22H34IN5O3. The molecule has 0 amide bonds. The Hall–Kier alpha value is -1.85. The van der Waals surface area contributed by atoms with Gasteiger partial charge in [0.25, 0.3) is 0 Å². The Balaban J connectivity index is 0.00000341. The van der Waals surface area contributed by atoms with Crippen LogP contribution in [0.25, 0.3) is 0 Å². The van der Waals surface area contributed by atoms with Gasteiger partial charge in [-0.25, -0.2) is 4.99 Å². The third-order valence-electron chi connectivity index (χ3n) is 5.16. The van der Waals surface area contributed by atoms with E-state index in [1.807, 2.05) is 18.2 Å². The van der Waals surface area contributed by atoms with Gasteiger partial charge in [-0.2, -0.15) is 0 Å². The molecule has 1 aromatic heterocycles. The quantitative estimate of drug-likeness (QED) is 0.286. The molecule has 0 aliphatic carbocycles. The van der Waals surface area contributed by atoms with Crippen molar-refractivity contribution in [2.75, 3.05) is 46.5 Å². The number of halogens is 1. The lowest BCUT2D eigenvalue weighted by atomic mass is 10.0. The number of hydrogen-bond acceptors (Lipinski definition) is 6. The smallest absolute Gasteiger partial charge is 0.191 e. The Morgan fingerprint density at radius 2 is 1.94 bits per heavy atom. The Kier molecular flexibility index (Phi) is 11.1. The molecule has 31 heavy (non-hydrogen) atoms. The first-order valence-electron chi connectivity index (χ1n) is 10.7. The minimum atomic E-state index is 0. The van der Waals surface area contributed by atoms with Crippen LogP contribution in [0.4, 0.5) is 0 Å². The maximum atomic E-state index is 5.55. The maximum absolute atomic E-state index is 5.55. The molecule has 3 rings (SSSR count). The number of ether oxygens (including phenoxy) is 2. The normalized spacial score (nSPS) is 15.8. The van der Waals surface area contributed by atoms with Gasteiger partial charge in [0.05, 0.1) is 32.1 Å². The van der Waals surface area contributed by atoms with E-state index in [1.165, 1.54) is 5.56 Å². The number of nitrogens with zero attached hydrogens (tertiary/aromatic N) is 3. The van der Waals surface area contributed by atoms with Crippen LogP contribution in [0.1, 0.15) is 36.9 Å². The largest absolute Gasteiger partial charge is 0.497 e. The van der Waals surface area contributed by atoms with Crippen molar-refractivity contribution in [1.29, 1.82) is 0 Å². The molecule has 1 unspecified atom stereocenters. The third-order valence-corrected chi connectivity index (χ3v) is 5.16. The van der Waals surface area contributed by atoms with Crippen LogP contribution in [-0.2, 0) is 17.7 Å². The minimum Gasteiger partial charge on any atom is -0.497 e. The molecule has 172 valence electrons. The number of guanidine groups is 1. The molecule has 9 heteroatoms. The van der Waals surface area contributed by atoms with Gasteiger partial charge in [-0.1, -0.05) is 24.2 Å². The zero-order chi connectivity index (χ0) is 21.2. The van der Waals surface area contributed by atoms with Gasteiger partial charge in [0.1, 0.15) is 12.3 Å². The van der Waals surface area contributed by atoms with E-state index in [0.717, 1.165) is 69.0 Å². The predicted molar refractivity (Wildman–Crippen MR) is 132 cm³/mol. The van der Waals surface area contributed by atoms with E-state index < -0.39 is 0 Å². The lowest BCUT2D eigenvalue weighted by Crippen LogP contribution is -2.46. The summed E-state index contributed by atoms with van der Waals surface area (Å²) in [4.78, 5) is 7.12. The van der Waals surface area contributed by atoms with Crippen molar-refractivity contribution in [3.05, 3.63) is 47.3 Å². The van der Waals surface area contributed by atoms with Crippen molar-refractivity contribution in [1.82, 2.24) is 20.7 Å². The zero-order valence-corrected chi connectivity index (χ0v) is 20.9. The number of rotatable bonds is 9. The van der Waals surface area contributed by atoms with Crippen molar-refractivity contribution >= 4 is 29.9 Å². The molecule has 8 nitrogen and oxygen atoms in total. The minimum absolute atomic E-state index is 0. The number of aliphatic imine (C=N–C) groups is 1. The Labute approximate surface area is 201 Å². The van der Waals surface area contributed by atoms with Gasteiger partial charge >= 0.3 is 0 Å². The molecule has 1 aromatic carbocycles. The van der Waals surface area contributed by atoms with E-state index in [9.17, 15) is 0 Å². The number of aromatic nitrogens is 1. The Morgan fingerprint density at radius 1 is 1.19 bits per heavy atom. The molecule has 2 N–H and O–H groups in total. The van der Waals surface area contributed by atoms with Crippen LogP contribution in [-0.4, -0.2) is 62.5 Å². The number of nitrogens with one attached hydrogen (secondary N) is 2. The highest BCUT2D eigenvalue weighted by atomic mass is 127. The van der Waals surface area contributed by atoms with Crippen molar-refractivity contribution in [2.45, 2.75) is 32.9 Å². The summed E-state index contributed by atoms with van der Waals surface area (Å²) >= 11 is 0. The number of benzene rings is 1. The molecular weight excluding hydrogens is 509 g/mol. The first-order valence-corrected chi connectivity index (χ1v) is 10.7. The van der Waals surface area contributed by atoms with Gasteiger partial charge in [0, 0.05) is 32.2 Å². The van der Waals surface area contributed by atoms with Gasteiger partial charge in [-0.05, 0) is 31.0 Å². The number of morpholine rings is 1. The van der Waals surface area contributed by atoms with Crippen LogP contribution < -0.4 is 15.4 Å². The number of hydrogen-bond donors (Lipinski definition) is 2. The molecule has 0 spiro atoms. The summed E-state index contributed by atoms with van der Waals surface area (Å²) in [5.74, 6) is 2.39. The van der Waals surface area contributed by atoms with Crippen LogP contribution in [0.3, 0.4) is 0 Å². The van der Waals surface area contributed by atoms with Crippen LogP contribution in [0.2, 0.25) is 0 Å². The van der Waals surface area contributed by atoms with Crippen molar-refractivity contribution in [3.8, 4) is 5.75 Å². The van der Waals surface area contributed by atoms with E-state index in [-0.39, 0.29) is 30.0 Å². The number of methoxy groups -OCH3 is 1. The van der Waals surface area contributed by atoms with Gasteiger partial charge in [-0.15, -0.1) is 24.0 Å². The van der Waals surface area contributed by atoms with Gasteiger partial charge in [0.15, 0.2) is 11.7 Å². The van der Waals surface area contributed by atoms with E-state index in [1.54, 1.807) is 7.11 Å². The second-order valence-electron chi connectivity index (χ2n) is 7.15. The van der Waals surface area contributed by atoms with Crippen LogP contribution >= 0.6 is 24.0 Å². The lowest BCUT2D eigenvalue weighted by molar-refractivity contribution is 0.0170. The van der Waals surface area contributed by atoms with Crippen LogP contribution in [0, 0.1) is 0 Å². The van der Waals surface area contributed by atoms with Crippen LogP contribution in [0.5, 0.6) is 5.75 Å². The predicted octanol–water partition coefficient (Wildman–Crippen LogP) is 2.99. The Morgan fingerprint density at radius 3 is 2.55 bits per heavy atom. The summed E-state index contributed by atoms with van der Waals surface area (Å²) in [5, 5.41) is 10.8. The summed E-state index contributed by atoms with van der Waals surface area (Å²) in [5.41, 5.74) is 2.19. The van der Waals surface area contributed by atoms with Gasteiger partial charge < -0.3 is 24.6 Å². The highest BCUT2D eigenvalue weighted by Crippen LogP contribution is 2.23. The summed E-state index contributed by atoms with van der Waals surface area (Å²) in [6.07, 6.45) is 0.856. The fraction of sp³-hybridized carbons (Fsp3) is 0.545. The first-order chi connectivity index (χ1) is 14.7. The zero-order valence-electron chi connectivity index (χ0n) is 18.6. The fourth-order valence-electron chi connectivity index (χ4n) is 3.46. The molecule has 1 saturated heterocycles. The lowest BCUT2D eigenvalue weighted by Gasteiger charge is -2.35. The third kappa shape index (κ3) is 7.65. The van der Waals surface area contributed by atoms with Gasteiger partial charge in [-0.3, -0.25) is 4.90 Å². The molecule has 0 bridgehead atoms. The summed E-state index contributed by atoms with van der Waals surface area (Å²) in [6.45, 7) is 9.41. The van der Waals surface area contributed by atoms with E-state index in [2.05, 4.69) is 51.7 Å². The van der Waals surface area contributed by atoms with E-state index >= 15 is 0 Å². The van der Waals surface area contributed by atoms with Crippen molar-refractivity contribution < 1.29 is 14.0 Å². The Bertz CT molecular complexity index is 791. The molecule has 1 atom stereocenters. The average Bonchev–Trinajstić information content (AvgIpc) is 3.27. The second kappa shape index (κ2) is 13.5. The monoisotopic (exact) mass is 543 g/mol. The topological polar surface area (TPSA) is 84.2 Å². The van der Waals surface area contributed by atoms with E-state index in [4.69, 9.17) is 14.0 Å². The van der Waals surface area contributed by atoms with Crippen molar-refractivity contribution in [3.63, 3.8) is 0 Å². The summed E-state index contributed by atoms with van der Waals surface area (Å²) < 4.78 is 16.2. The molecule has 0 saturated carbocycles. The molecule has 1 fully saturated rings. The standard InChI is InChI=1S/C22H33N5O3.HI/c1-4-18-14-20(30-26-18)15-24-22(23-5-2)25-16-21(27-10-12-29-13-11-27)17-6-8-19(28-3)9-7-17;/h6-9,14,21H,4-5,10-13,15-16H2,1-3H3,(H2,23,24,25);1H. The maximum Gasteiger partial charge on any atom is 0.191 e. The van der Waals surface area contributed by atoms with Gasteiger partial charge in [0.2, 0.25) is 0 Å². The molecule has 2 aromatic rings. The fourth-order valence-corrected chi connectivity index (χ4v) is 3.46. The molecule has 0 radical (unpaired) electrons. The second-order valence-corrected chi connectivity index (χ2v) is 7.15. The molecule has 1 aliphatic rings.